The third-order valence-corrected chi connectivity index (χ3v) is 3.46. The zero-order valence-corrected chi connectivity index (χ0v) is 11.0. The lowest BCUT2D eigenvalue weighted by atomic mass is 10.0. The summed E-state index contributed by atoms with van der Waals surface area (Å²) in [7, 11) is 0. The van der Waals surface area contributed by atoms with Crippen molar-refractivity contribution in [3.63, 3.8) is 0 Å². The molecule has 1 aromatic heterocycles. The Morgan fingerprint density at radius 2 is 2.05 bits per heavy atom. The Balaban J connectivity index is 1.92. The van der Waals surface area contributed by atoms with Crippen LogP contribution in [0.3, 0.4) is 0 Å². The Bertz CT molecular complexity index is 475. The summed E-state index contributed by atoms with van der Waals surface area (Å²) in [5.74, 6) is 0.0316. The fourth-order valence-electron chi connectivity index (χ4n) is 2.15. The van der Waals surface area contributed by atoms with Gasteiger partial charge in [-0.1, -0.05) is 13.8 Å². The van der Waals surface area contributed by atoms with E-state index in [1.807, 2.05) is 0 Å². The van der Waals surface area contributed by atoms with Gasteiger partial charge in [0.15, 0.2) is 0 Å². The van der Waals surface area contributed by atoms with Gasteiger partial charge in [0.25, 0.3) is 0 Å². The molecule has 0 bridgehead atoms. The molecule has 0 saturated carbocycles. The molecule has 7 nitrogen and oxygen atoms in total. The third kappa shape index (κ3) is 3.24. The van der Waals surface area contributed by atoms with E-state index in [-0.39, 0.29) is 12.6 Å². The highest BCUT2D eigenvalue weighted by atomic mass is 16.4. The van der Waals surface area contributed by atoms with E-state index in [0.717, 1.165) is 13.1 Å². The van der Waals surface area contributed by atoms with Crippen molar-refractivity contribution in [3.05, 3.63) is 12.4 Å². The number of carbonyl (C=O) groups is 2. The first kappa shape index (κ1) is 13.4. The van der Waals surface area contributed by atoms with E-state index in [2.05, 4.69) is 24.3 Å². The number of hydrogen-bond donors (Lipinski definition) is 2. The number of aromatic nitrogens is 2. The van der Waals surface area contributed by atoms with Gasteiger partial charge in [-0.05, 0) is 11.8 Å². The van der Waals surface area contributed by atoms with E-state index in [1.54, 1.807) is 4.90 Å². The molecule has 1 aliphatic rings. The van der Waals surface area contributed by atoms with E-state index in [1.165, 1.54) is 17.1 Å². The molecule has 104 valence electrons. The molecule has 2 amide bonds. The van der Waals surface area contributed by atoms with Gasteiger partial charge < -0.3 is 15.3 Å². The third-order valence-electron chi connectivity index (χ3n) is 3.46. The van der Waals surface area contributed by atoms with E-state index in [4.69, 9.17) is 5.11 Å². The monoisotopic (exact) mass is 266 g/mol. The predicted molar refractivity (Wildman–Crippen MR) is 68.8 cm³/mol. The van der Waals surface area contributed by atoms with Crippen molar-refractivity contribution in [2.75, 3.05) is 18.4 Å². The van der Waals surface area contributed by atoms with Crippen LogP contribution in [-0.4, -0.2) is 44.9 Å². The molecule has 1 saturated heterocycles. The van der Waals surface area contributed by atoms with Crippen molar-refractivity contribution in [2.24, 2.45) is 11.8 Å². The summed E-state index contributed by atoms with van der Waals surface area (Å²) >= 11 is 0. The van der Waals surface area contributed by atoms with E-state index in [0.29, 0.717) is 17.5 Å². The van der Waals surface area contributed by atoms with Gasteiger partial charge in [0.05, 0.1) is 11.9 Å². The summed E-state index contributed by atoms with van der Waals surface area (Å²) in [5.41, 5.74) is 0.512. The quantitative estimate of drug-likeness (QED) is 0.857. The van der Waals surface area contributed by atoms with Crippen LogP contribution in [-0.2, 0) is 11.3 Å². The molecule has 0 spiro atoms. The second-order valence-electron chi connectivity index (χ2n) is 5.11. The Labute approximate surface area is 111 Å². The van der Waals surface area contributed by atoms with Crippen molar-refractivity contribution >= 4 is 17.7 Å². The number of carboxylic acids is 1. The fraction of sp³-hybridized carbons (Fsp3) is 0.583. The first-order chi connectivity index (χ1) is 8.95. The van der Waals surface area contributed by atoms with E-state index < -0.39 is 5.97 Å². The maximum Gasteiger partial charge on any atom is 0.325 e. The maximum atomic E-state index is 12.0. The van der Waals surface area contributed by atoms with Gasteiger partial charge >= 0.3 is 12.0 Å². The Morgan fingerprint density at radius 3 is 2.63 bits per heavy atom. The number of nitrogens with one attached hydrogen (secondary N) is 1. The normalized spacial score (nSPS) is 22.5. The fourth-order valence-corrected chi connectivity index (χ4v) is 2.15. The second kappa shape index (κ2) is 5.29. The topological polar surface area (TPSA) is 87.5 Å². The molecule has 1 aliphatic heterocycles. The number of carbonyl (C=O) groups excluding carboxylic acids is 1. The average molecular weight is 266 g/mol. The molecule has 2 rings (SSSR count). The summed E-state index contributed by atoms with van der Waals surface area (Å²) in [4.78, 5) is 24.3. The van der Waals surface area contributed by atoms with Gasteiger partial charge in [0.2, 0.25) is 0 Å². The van der Waals surface area contributed by atoms with Crippen LogP contribution in [0.1, 0.15) is 13.8 Å². The summed E-state index contributed by atoms with van der Waals surface area (Å²) < 4.78 is 1.27. The zero-order chi connectivity index (χ0) is 14.0. The number of aliphatic carboxylic acids is 1. The zero-order valence-electron chi connectivity index (χ0n) is 11.0. The molecule has 0 radical (unpaired) electrons. The van der Waals surface area contributed by atoms with Crippen molar-refractivity contribution in [1.82, 2.24) is 14.7 Å². The molecule has 0 aromatic carbocycles. The lowest BCUT2D eigenvalue weighted by Gasteiger charge is -2.15. The van der Waals surface area contributed by atoms with Crippen molar-refractivity contribution in [1.29, 1.82) is 0 Å². The van der Waals surface area contributed by atoms with Crippen LogP contribution in [0.15, 0.2) is 12.4 Å². The molecule has 7 heteroatoms. The number of urea groups is 1. The van der Waals surface area contributed by atoms with Crippen LogP contribution in [0.5, 0.6) is 0 Å². The van der Waals surface area contributed by atoms with Gasteiger partial charge in [0, 0.05) is 19.3 Å². The minimum absolute atomic E-state index is 0.161. The minimum Gasteiger partial charge on any atom is -0.480 e. The van der Waals surface area contributed by atoms with Crippen LogP contribution in [0.4, 0.5) is 10.5 Å². The number of rotatable bonds is 3. The SMILES string of the molecule is CC1CN(C(=O)Nc2cnn(CC(=O)O)c2)CC1C. The lowest BCUT2D eigenvalue weighted by Crippen LogP contribution is -2.33. The van der Waals surface area contributed by atoms with E-state index >= 15 is 0 Å². The van der Waals surface area contributed by atoms with Crippen molar-refractivity contribution in [3.8, 4) is 0 Å². The van der Waals surface area contributed by atoms with Crippen LogP contribution in [0.25, 0.3) is 0 Å². The Kier molecular flexibility index (Phi) is 3.73. The smallest absolute Gasteiger partial charge is 0.325 e. The molecular formula is C12H18N4O3. The number of anilines is 1. The highest BCUT2D eigenvalue weighted by Gasteiger charge is 2.29. The maximum absolute atomic E-state index is 12.0. The highest BCUT2D eigenvalue weighted by molar-refractivity contribution is 5.89. The lowest BCUT2D eigenvalue weighted by molar-refractivity contribution is -0.137. The molecule has 1 fully saturated rings. The molecule has 19 heavy (non-hydrogen) atoms. The Hall–Kier alpha value is -2.05. The summed E-state index contributed by atoms with van der Waals surface area (Å²) in [6.07, 6.45) is 2.96. The minimum atomic E-state index is -0.969. The summed E-state index contributed by atoms with van der Waals surface area (Å²) in [6, 6.07) is -0.161. The first-order valence-corrected chi connectivity index (χ1v) is 6.26. The Morgan fingerprint density at radius 1 is 1.42 bits per heavy atom. The molecule has 1 aromatic rings. The molecular weight excluding hydrogens is 248 g/mol. The predicted octanol–water partition coefficient (Wildman–Crippen LogP) is 1.09. The van der Waals surface area contributed by atoms with E-state index in [9.17, 15) is 9.59 Å². The van der Waals surface area contributed by atoms with Gasteiger partial charge in [-0.2, -0.15) is 5.10 Å². The summed E-state index contributed by atoms with van der Waals surface area (Å²) in [6.45, 7) is 5.53. The molecule has 0 aliphatic carbocycles. The van der Waals surface area contributed by atoms with Crippen molar-refractivity contribution < 1.29 is 14.7 Å². The van der Waals surface area contributed by atoms with Crippen LogP contribution in [0, 0.1) is 11.8 Å². The van der Waals surface area contributed by atoms with Gasteiger partial charge in [0.1, 0.15) is 6.54 Å². The summed E-state index contributed by atoms with van der Waals surface area (Å²) in [5, 5.41) is 15.2. The van der Waals surface area contributed by atoms with Gasteiger partial charge in [-0.25, -0.2) is 4.79 Å². The van der Waals surface area contributed by atoms with Crippen LogP contribution in [0.2, 0.25) is 0 Å². The van der Waals surface area contributed by atoms with Crippen molar-refractivity contribution in [2.45, 2.75) is 20.4 Å². The van der Waals surface area contributed by atoms with Crippen LogP contribution < -0.4 is 5.32 Å². The number of nitrogens with zero attached hydrogens (tertiary/aromatic N) is 3. The largest absolute Gasteiger partial charge is 0.480 e. The van der Waals surface area contributed by atoms with Crippen LogP contribution >= 0.6 is 0 Å². The number of likely N-dealkylation sites (tertiary alicyclic amines) is 1. The number of hydrogen-bond acceptors (Lipinski definition) is 3. The highest BCUT2D eigenvalue weighted by Crippen LogP contribution is 2.22. The van der Waals surface area contributed by atoms with Gasteiger partial charge in [-0.15, -0.1) is 0 Å². The molecule has 2 atom stereocenters. The first-order valence-electron chi connectivity index (χ1n) is 6.26. The average Bonchev–Trinajstić information content (AvgIpc) is 2.86. The molecule has 2 heterocycles. The standard InChI is InChI=1S/C12H18N4O3/c1-8-4-15(5-9(8)2)12(19)14-10-3-13-16(6-10)7-11(17)18/h3,6,8-9H,4-5,7H2,1-2H3,(H,14,19)(H,17,18). The molecule has 2 unspecified atom stereocenters. The number of amides is 2. The second-order valence-corrected chi connectivity index (χ2v) is 5.11. The van der Waals surface area contributed by atoms with Gasteiger partial charge in [-0.3, -0.25) is 9.48 Å². The number of carboxylic acid groups (broad SMARTS) is 1. The molecule has 2 N–H and O–H groups in total.